The lowest BCUT2D eigenvalue weighted by Crippen LogP contribution is -2.01. The lowest BCUT2D eigenvalue weighted by Gasteiger charge is -2.08. The summed E-state index contributed by atoms with van der Waals surface area (Å²) in [6, 6.07) is 7.58. The van der Waals surface area contributed by atoms with Crippen LogP contribution in [0.3, 0.4) is 0 Å². The lowest BCUT2D eigenvalue weighted by molar-refractivity contribution is 0.387. The van der Waals surface area contributed by atoms with Crippen molar-refractivity contribution in [2.45, 2.75) is 18.9 Å². The smallest absolute Gasteiger partial charge is 0.183 e. The Bertz CT molecular complexity index is 630. The summed E-state index contributed by atoms with van der Waals surface area (Å²) in [5, 5.41) is 3.39. The second-order valence-corrected chi connectivity index (χ2v) is 5.23. The third-order valence-corrected chi connectivity index (χ3v) is 3.50. The molecule has 1 heterocycles. The molecule has 3 rings (SSSR count). The fraction of sp³-hybridized carbons (Fsp3) is 0.267. The number of rotatable bonds is 4. The average Bonchev–Trinajstić information content (AvgIpc) is 3.26. The van der Waals surface area contributed by atoms with Crippen LogP contribution in [0.2, 0.25) is 5.02 Å². The predicted octanol–water partition coefficient (Wildman–Crippen LogP) is 4.55. The minimum atomic E-state index is -0.551. The van der Waals surface area contributed by atoms with Gasteiger partial charge in [0.15, 0.2) is 11.6 Å². The number of ether oxygens (including phenoxy) is 1. The minimum Gasteiger partial charge on any atom is -0.494 e. The number of nitrogens with zero attached hydrogens (tertiary/aromatic N) is 1. The highest BCUT2D eigenvalue weighted by Crippen LogP contribution is 2.32. The van der Waals surface area contributed by atoms with Crippen molar-refractivity contribution >= 4 is 29.7 Å². The van der Waals surface area contributed by atoms with Crippen LogP contribution in [0.4, 0.5) is 10.1 Å². The molecule has 3 nitrogen and oxygen atoms in total. The van der Waals surface area contributed by atoms with Crippen LogP contribution in [0.25, 0.3) is 11.3 Å². The van der Waals surface area contributed by atoms with Gasteiger partial charge in [-0.15, -0.1) is 12.4 Å². The molecule has 0 aliphatic heterocycles. The number of aromatic nitrogens is 1. The Kier molecular flexibility index (Phi) is 4.91. The lowest BCUT2D eigenvalue weighted by atomic mass is 10.1. The summed E-state index contributed by atoms with van der Waals surface area (Å²) in [4.78, 5) is 4.38. The zero-order chi connectivity index (χ0) is 14.1. The maximum atomic E-state index is 13.6. The van der Waals surface area contributed by atoms with Gasteiger partial charge in [0, 0.05) is 11.6 Å². The van der Waals surface area contributed by atoms with Crippen LogP contribution in [0.5, 0.6) is 5.75 Å². The molecule has 1 aromatic carbocycles. The van der Waals surface area contributed by atoms with Gasteiger partial charge in [-0.2, -0.15) is 0 Å². The quantitative estimate of drug-likeness (QED) is 0.894. The van der Waals surface area contributed by atoms with Crippen LogP contribution in [0, 0.1) is 5.82 Å². The Morgan fingerprint density at radius 2 is 2.10 bits per heavy atom. The molecule has 1 fully saturated rings. The summed E-state index contributed by atoms with van der Waals surface area (Å²) in [5.74, 6) is -0.431. The normalized spacial score (nSPS) is 13.5. The summed E-state index contributed by atoms with van der Waals surface area (Å²) < 4.78 is 18.6. The highest BCUT2D eigenvalue weighted by Gasteiger charge is 2.20. The monoisotopic (exact) mass is 328 g/mol. The molecule has 0 radical (unpaired) electrons. The van der Waals surface area contributed by atoms with E-state index in [2.05, 4.69) is 10.3 Å². The van der Waals surface area contributed by atoms with E-state index in [0.717, 1.165) is 16.9 Å². The highest BCUT2D eigenvalue weighted by molar-refractivity contribution is 6.31. The van der Waals surface area contributed by atoms with Gasteiger partial charge in [-0.1, -0.05) is 11.6 Å². The molecule has 0 bridgehead atoms. The molecule has 112 valence electrons. The maximum absolute atomic E-state index is 13.6. The van der Waals surface area contributed by atoms with Gasteiger partial charge in [-0.25, -0.2) is 4.39 Å². The van der Waals surface area contributed by atoms with Crippen LogP contribution < -0.4 is 10.1 Å². The minimum absolute atomic E-state index is 0. The maximum Gasteiger partial charge on any atom is 0.183 e. The molecular weight excluding hydrogens is 314 g/mol. The Morgan fingerprint density at radius 3 is 2.67 bits per heavy atom. The molecule has 2 aromatic rings. The molecule has 1 aromatic heterocycles. The van der Waals surface area contributed by atoms with E-state index in [-0.39, 0.29) is 23.2 Å². The van der Waals surface area contributed by atoms with E-state index >= 15 is 0 Å². The molecular formula is C15H15Cl2FN2O. The number of hydrogen-bond donors (Lipinski definition) is 1. The molecule has 0 amide bonds. The number of hydrogen-bond acceptors (Lipinski definition) is 3. The molecule has 1 aliphatic rings. The fourth-order valence-electron chi connectivity index (χ4n) is 1.97. The third-order valence-electron chi connectivity index (χ3n) is 3.22. The summed E-state index contributed by atoms with van der Waals surface area (Å²) in [6.07, 6.45) is 4.20. The average molecular weight is 329 g/mol. The Balaban J connectivity index is 0.00000161. The number of benzene rings is 1. The van der Waals surface area contributed by atoms with Crippen molar-refractivity contribution in [3.63, 3.8) is 0 Å². The van der Waals surface area contributed by atoms with Crippen LogP contribution in [0.1, 0.15) is 12.8 Å². The third kappa shape index (κ3) is 3.57. The number of anilines is 1. The number of pyridine rings is 1. The summed E-state index contributed by atoms with van der Waals surface area (Å²) >= 11 is 5.86. The number of nitrogens with one attached hydrogen (secondary N) is 1. The summed E-state index contributed by atoms with van der Waals surface area (Å²) in [6.45, 7) is 0. The van der Waals surface area contributed by atoms with Gasteiger partial charge in [-0.3, -0.25) is 4.98 Å². The molecule has 1 aliphatic carbocycles. The van der Waals surface area contributed by atoms with Crippen molar-refractivity contribution < 1.29 is 9.13 Å². The van der Waals surface area contributed by atoms with E-state index in [4.69, 9.17) is 16.3 Å². The number of halogens is 3. The van der Waals surface area contributed by atoms with Gasteiger partial charge >= 0.3 is 0 Å². The molecule has 0 atom stereocenters. The predicted molar refractivity (Wildman–Crippen MR) is 85.1 cm³/mol. The Labute approximate surface area is 133 Å². The van der Waals surface area contributed by atoms with Gasteiger partial charge in [0.05, 0.1) is 29.7 Å². The van der Waals surface area contributed by atoms with Crippen molar-refractivity contribution in [3.8, 4) is 17.0 Å². The molecule has 21 heavy (non-hydrogen) atoms. The van der Waals surface area contributed by atoms with Crippen LogP contribution in [-0.4, -0.2) is 18.1 Å². The van der Waals surface area contributed by atoms with E-state index in [1.54, 1.807) is 18.3 Å². The summed E-state index contributed by atoms with van der Waals surface area (Å²) in [5.41, 5.74) is 2.45. The SMILES string of the molecule is COc1cc(-c2ccc(NC3CC3)cn2)cc(Cl)c1F.Cl. The van der Waals surface area contributed by atoms with E-state index < -0.39 is 5.82 Å². The first-order valence-corrected chi connectivity index (χ1v) is 6.81. The van der Waals surface area contributed by atoms with Crippen LogP contribution >= 0.6 is 24.0 Å². The summed E-state index contributed by atoms with van der Waals surface area (Å²) in [7, 11) is 1.41. The second-order valence-electron chi connectivity index (χ2n) is 4.83. The van der Waals surface area contributed by atoms with Gasteiger partial charge < -0.3 is 10.1 Å². The van der Waals surface area contributed by atoms with Crippen LogP contribution in [0.15, 0.2) is 30.5 Å². The molecule has 6 heteroatoms. The molecule has 0 spiro atoms. The second kappa shape index (κ2) is 6.50. The first kappa shape index (κ1) is 15.9. The Morgan fingerprint density at radius 1 is 1.33 bits per heavy atom. The van der Waals surface area contributed by atoms with Crippen LogP contribution in [-0.2, 0) is 0 Å². The van der Waals surface area contributed by atoms with Crippen molar-refractivity contribution in [2.75, 3.05) is 12.4 Å². The van der Waals surface area contributed by atoms with E-state index in [9.17, 15) is 4.39 Å². The molecule has 0 unspecified atom stereocenters. The topological polar surface area (TPSA) is 34.1 Å². The zero-order valence-corrected chi connectivity index (χ0v) is 13.0. The van der Waals surface area contributed by atoms with Crippen molar-refractivity contribution in [1.82, 2.24) is 4.98 Å². The fourth-order valence-corrected chi connectivity index (χ4v) is 2.18. The van der Waals surface area contributed by atoms with Crippen molar-refractivity contribution in [3.05, 3.63) is 41.3 Å². The molecule has 1 N–H and O–H groups in total. The van der Waals surface area contributed by atoms with Crippen molar-refractivity contribution in [1.29, 1.82) is 0 Å². The van der Waals surface area contributed by atoms with E-state index in [1.807, 2.05) is 12.1 Å². The van der Waals surface area contributed by atoms with E-state index in [1.165, 1.54) is 20.0 Å². The zero-order valence-electron chi connectivity index (χ0n) is 11.4. The Hall–Kier alpha value is -1.52. The van der Waals surface area contributed by atoms with Gasteiger partial charge in [-0.05, 0) is 37.1 Å². The van der Waals surface area contributed by atoms with Gasteiger partial charge in [0.25, 0.3) is 0 Å². The van der Waals surface area contributed by atoms with E-state index in [0.29, 0.717) is 6.04 Å². The molecule has 1 saturated carbocycles. The standard InChI is InChI=1S/C15H14ClFN2O.ClH/c1-20-14-7-9(6-12(16)15(14)17)13-5-4-11(8-18-13)19-10-2-3-10;/h4-8,10,19H,2-3H2,1H3;1H. The van der Waals surface area contributed by atoms with Gasteiger partial charge in [0.2, 0.25) is 0 Å². The number of methoxy groups -OCH3 is 1. The van der Waals surface area contributed by atoms with Gasteiger partial charge in [0.1, 0.15) is 0 Å². The highest BCUT2D eigenvalue weighted by atomic mass is 35.5. The first-order chi connectivity index (χ1) is 9.67. The van der Waals surface area contributed by atoms with Crippen molar-refractivity contribution in [2.24, 2.45) is 0 Å². The largest absolute Gasteiger partial charge is 0.494 e. The molecule has 0 saturated heterocycles. The first-order valence-electron chi connectivity index (χ1n) is 6.43.